The van der Waals surface area contributed by atoms with Crippen LogP contribution in [0.25, 0.3) is 0 Å². The van der Waals surface area contributed by atoms with Crippen molar-refractivity contribution in [2.75, 3.05) is 13.2 Å². The van der Waals surface area contributed by atoms with E-state index in [-0.39, 0.29) is 53.8 Å². The first-order valence-corrected chi connectivity index (χ1v) is 13.6. The average molecular weight is 582 g/mol. The highest BCUT2D eigenvalue weighted by Gasteiger charge is 2.31. The number of hydrogen-bond acceptors (Lipinski definition) is 10. The number of hydrogen-bond donors (Lipinski definition) is 2. The van der Waals surface area contributed by atoms with Crippen molar-refractivity contribution in [2.45, 2.75) is 100 Å². The number of rotatable bonds is 11. The Morgan fingerprint density at radius 2 is 1.29 bits per heavy atom. The largest absolute Gasteiger partial charge is 0.513 e. The summed E-state index contributed by atoms with van der Waals surface area (Å²) in [5, 5.41) is 9.70. The summed E-state index contributed by atoms with van der Waals surface area (Å²) in [4.78, 5) is 49.1. The highest BCUT2D eigenvalue weighted by Crippen LogP contribution is 2.35. The third-order valence-corrected chi connectivity index (χ3v) is 5.34. The second-order valence-electron chi connectivity index (χ2n) is 13.9. The predicted molar refractivity (Wildman–Crippen MR) is 152 cm³/mol. The standard InChI is InChI=1S/C30H47NO10/c1-18(39-23(32)15-28(2,3)4)13-20(24(31)25(33)34)19-11-12-21(40-26(35)37-16-29(5,6)7)22(14-19)41-27(36)38-17-30(8,9)10/h11-12,14,18,20,24H,13,15-17,31H2,1-10H3,(H,33,34)/t18?,20?,24-/m0/s1. The van der Waals surface area contributed by atoms with E-state index in [0.29, 0.717) is 5.56 Å². The van der Waals surface area contributed by atoms with E-state index in [1.54, 1.807) is 6.92 Å². The summed E-state index contributed by atoms with van der Waals surface area (Å²) in [6, 6.07) is 2.81. The van der Waals surface area contributed by atoms with Crippen molar-refractivity contribution in [3.63, 3.8) is 0 Å². The molecule has 0 aliphatic heterocycles. The molecule has 0 aliphatic rings. The van der Waals surface area contributed by atoms with E-state index in [1.807, 2.05) is 62.3 Å². The Hall–Kier alpha value is -3.34. The molecule has 41 heavy (non-hydrogen) atoms. The molecule has 0 radical (unpaired) electrons. The minimum Gasteiger partial charge on any atom is -0.480 e. The maximum atomic E-state index is 12.5. The van der Waals surface area contributed by atoms with Crippen LogP contribution >= 0.6 is 0 Å². The molecule has 1 rings (SSSR count). The van der Waals surface area contributed by atoms with Gasteiger partial charge in [0.2, 0.25) is 0 Å². The number of ether oxygens (including phenoxy) is 5. The molecule has 0 amide bonds. The van der Waals surface area contributed by atoms with Gasteiger partial charge >= 0.3 is 24.2 Å². The zero-order valence-electron chi connectivity index (χ0n) is 26.0. The smallest absolute Gasteiger partial charge is 0.480 e. The third-order valence-electron chi connectivity index (χ3n) is 5.34. The van der Waals surface area contributed by atoms with Crippen molar-refractivity contribution in [1.29, 1.82) is 0 Å². The van der Waals surface area contributed by atoms with Crippen LogP contribution in [0.1, 0.15) is 93.6 Å². The number of carboxylic acid groups (broad SMARTS) is 1. The normalized spacial score (nSPS) is 14.3. The summed E-state index contributed by atoms with van der Waals surface area (Å²) >= 11 is 0. The molecule has 2 unspecified atom stereocenters. The Balaban J connectivity index is 3.34. The lowest BCUT2D eigenvalue weighted by Crippen LogP contribution is -2.38. The fraction of sp³-hybridized carbons (Fsp3) is 0.667. The molecule has 0 fully saturated rings. The second-order valence-corrected chi connectivity index (χ2v) is 13.9. The molecule has 0 heterocycles. The van der Waals surface area contributed by atoms with Crippen molar-refractivity contribution < 1.29 is 48.0 Å². The molecule has 232 valence electrons. The van der Waals surface area contributed by atoms with Gasteiger partial charge in [-0.2, -0.15) is 0 Å². The van der Waals surface area contributed by atoms with Gasteiger partial charge in [0.25, 0.3) is 0 Å². The number of esters is 1. The molecule has 0 aromatic heterocycles. The molecule has 0 aliphatic carbocycles. The molecule has 11 nitrogen and oxygen atoms in total. The Bertz CT molecular complexity index is 1060. The van der Waals surface area contributed by atoms with Crippen molar-refractivity contribution in [2.24, 2.45) is 22.0 Å². The Kier molecular flexibility index (Phi) is 12.6. The summed E-state index contributed by atoms with van der Waals surface area (Å²) in [6.45, 7) is 18.7. The third kappa shape index (κ3) is 14.7. The van der Waals surface area contributed by atoms with E-state index < -0.39 is 42.3 Å². The van der Waals surface area contributed by atoms with Gasteiger partial charge < -0.3 is 34.5 Å². The molecule has 11 heteroatoms. The van der Waals surface area contributed by atoms with Crippen LogP contribution in [0, 0.1) is 16.2 Å². The molecular formula is C30H47NO10. The molecule has 3 N–H and O–H groups in total. The van der Waals surface area contributed by atoms with Crippen LogP contribution in [-0.2, 0) is 23.8 Å². The quantitative estimate of drug-likeness (QED) is 0.177. The molecular weight excluding hydrogens is 534 g/mol. The first-order valence-electron chi connectivity index (χ1n) is 13.6. The summed E-state index contributed by atoms with van der Waals surface area (Å²) in [7, 11) is 0. The lowest BCUT2D eigenvalue weighted by Gasteiger charge is -2.26. The number of carboxylic acids is 1. The van der Waals surface area contributed by atoms with Gasteiger partial charge in [-0.15, -0.1) is 0 Å². The van der Waals surface area contributed by atoms with Crippen LogP contribution < -0.4 is 15.2 Å². The number of benzene rings is 1. The number of aliphatic carboxylic acids is 1. The van der Waals surface area contributed by atoms with E-state index in [0.717, 1.165) is 0 Å². The SMILES string of the molecule is CC(CC(c1ccc(OC(=O)OCC(C)(C)C)c(OC(=O)OCC(C)(C)C)c1)[C@H](N)C(=O)O)OC(=O)CC(C)(C)C. The van der Waals surface area contributed by atoms with Crippen LogP contribution in [0.3, 0.4) is 0 Å². The van der Waals surface area contributed by atoms with Gasteiger partial charge in [-0.25, -0.2) is 9.59 Å². The lowest BCUT2D eigenvalue weighted by atomic mass is 9.86. The maximum Gasteiger partial charge on any atom is 0.513 e. The molecule has 3 atom stereocenters. The maximum absolute atomic E-state index is 12.5. The van der Waals surface area contributed by atoms with Crippen molar-refractivity contribution in [1.82, 2.24) is 0 Å². The Labute approximate surface area is 243 Å². The van der Waals surface area contributed by atoms with E-state index in [2.05, 4.69) is 0 Å². The van der Waals surface area contributed by atoms with Crippen molar-refractivity contribution in [3.8, 4) is 11.5 Å². The number of nitrogens with two attached hydrogens (primary N) is 1. The number of carbonyl (C=O) groups is 4. The van der Waals surface area contributed by atoms with Crippen molar-refractivity contribution >= 4 is 24.2 Å². The van der Waals surface area contributed by atoms with Gasteiger partial charge in [0.1, 0.15) is 6.04 Å². The van der Waals surface area contributed by atoms with Gasteiger partial charge in [0.05, 0.1) is 25.7 Å². The fourth-order valence-electron chi connectivity index (χ4n) is 3.48. The monoisotopic (exact) mass is 581 g/mol. The van der Waals surface area contributed by atoms with E-state index in [9.17, 15) is 24.3 Å². The lowest BCUT2D eigenvalue weighted by molar-refractivity contribution is -0.150. The molecule has 0 saturated carbocycles. The van der Waals surface area contributed by atoms with Gasteiger partial charge in [-0.3, -0.25) is 9.59 Å². The topological polar surface area (TPSA) is 161 Å². The summed E-state index contributed by atoms with van der Waals surface area (Å²) < 4.78 is 26.5. The zero-order chi connectivity index (χ0) is 31.8. The molecule has 1 aromatic rings. The second kappa shape index (κ2) is 14.5. The van der Waals surface area contributed by atoms with E-state index in [1.165, 1.54) is 18.2 Å². The fourth-order valence-corrected chi connectivity index (χ4v) is 3.48. The van der Waals surface area contributed by atoms with Crippen LogP contribution in [0.15, 0.2) is 18.2 Å². The Morgan fingerprint density at radius 3 is 1.73 bits per heavy atom. The summed E-state index contributed by atoms with van der Waals surface area (Å²) in [6.07, 6.45) is -2.50. The Morgan fingerprint density at radius 1 is 0.805 bits per heavy atom. The molecule has 0 bridgehead atoms. The first-order chi connectivity index (χ1) is 18.6. The highest BCUT2D eigenvalue weighted by molar-refractivity contribution is 5.75. The molecule has 0 spiro atoms. The zero-order valence-corrected chi connectivity index (χ0v) is 26.0. The first kappa shape index (κ1) is 35.7. The van der Waals surface area contributed by atoms with Gasteiger partial charge in [-0.05, 0) is 47.3 Å². The molecule has 0 saturated heterocycles. The average Bonchev–Trinajstić information content (AvgIpc) is 2.78. The van der Waals surface area contributed by atoms with Gasteiger partial charge in [0.15, 0.2) is 11.5 Å². The van der Waals surface area contributed by atoms with Crippen LogP contribution in [0.4, 0.5) is 9.59 Å². The highest BCUT2D eigenvalue weighted by atomic mass is 16.7. The predicted octanol–water partition coefficient (Wildman–Crippen LogP) is 6.06. The summed E-state index contributed by atoms with van der Waals surface area (Å²) in [5.41, 5.74) is 5.46. The van der Waals surface area contributed by atoms with Crippen LogP contribution in [-0.4, -0.2) is 54.7 Å². The molecule has 1 aromatic carbocycles. The minimum absolute atomic E-state index is 0.0549. The van der Waals surface area contributed by atoms with Crippen LogP contribution in [0.2, 0.25) is 0 Å². The number of carbonyl (C=O) groups excluding carboxylic acids is 3. The van der Waals surface area contributed by atoms with Crippen LogP contribution in [0.5, 0.6) is 11.5 Å². The van der Waals surface area contributed by atoms with Gasteiger partial charge in [0, 0.05) is 5.92 Å². The minimum atomic E-state index is -1.39. The summed E-state index contributed by atoms with van der Waals surface area (Å²) in [5.74, 6) is -2.90. The van der Waals surface area contributed by atoms with E-state index >= 15 is 0 Å². The van der Waals surface area contributed by atoms with Gasteiger partial charge in [-0.1, -0.05) is 68.4 Å². The van der Waals surface area contributed by atoms with E-state index in [4.69, 9.17) is 29.4 Å². The van der Waals surface area contributed by atoms with Crippen molar-refractivity contribution in [3.05, 3.63) is 23.8 Å².